The molecule has 0 aromatic heterocycles. The van der Waals surface area contributed by atoms with Crippen LogP contribution < -0.4 is 5.32 Å². The van der Waals surface area contributed by atoms with Crippen LogP contribution in [-0.4, -0.2) is 23.8 Å². The lowest BCUT2D eigenvalue weighted by Crippen LogP contribution is -2.27. The van der Waals surface area contributed by atoms with Gasteiger partial charge in [0, 0.05) is 24.8 Å². The third-order valence-electron chi connectivity index (χ3n) is 4.93. The minimum atomic E-state index is -4.53. The smallest absolute Gasteiger partial charge is 0.337 e. The number of carbonyl (C=O) groups is 2. The van der Waals surface area contributed by atoms with Crippen LogP contribution in [0.5, 0.6) is 0 Å². The van der Waals surface area contributed by atoms with Crippen molar-refractivity contribution in [2.45, 2.75) is 19.6 Å². The fourth-order valence-electron chi connectivity index (χ4n) is 3.21. The van der Waals surface area contributed by atoms with E-state index >= 15 is 0 Å². The number of rotatable bonds is 5. The number of alkyl halides is 3. The second-order valence-electron chi connectivity index (χ2n) is 7.28. The highest BCUT2D eigenvalue weighted by atomic mass is 19.4. The molecule has 0 heterocycles. The van der Waals surface area contributed by atoms with E-state index in [1.54, 1.807) is 13.0 Å². The van der Waals surface area contributed by atoms with E-state index in [0.717, 1.165) is 17.0 Å². The number of aryl methyl sites for hydroxylation is 1. The molecule has 2 amide bonds. The Hall–Kier alpha value is -3.68. The van der Waals surface area contributed by atoms with Crippen LogP contribution in [0.2, 0.25) is 0 Å². The van der Waals surface area contributed by atoms with Crippen molar-refractivity contribution in [3.05, 3.63) is 100 Å². The van der Waals surface area contributed by atoms with E-state index in [4.69, 9.17) is 0 Å². The van der Waals surface area contributed by atoms with Gasteiger partial charge >= 0.3 is 6.18 Å². The summed E-state index contributed by atoms with van der Waals surface area (Å²) in [5.41, 5.74) is 0.123. The zero-order valence-corrected chi connectivity index (χ0v) is 17.3. The lowest BCUT2D eigenvalue weighted by atomic mass is 10.1. The first-order valence-electron chi connectivity index (χ1n) is 9.65. The van der Waals surface area contributed by atoms with Crippen LogP contribution >= 0.6 is 0 Å². The van der Waals surface area contributed by atoms with Crippen LogP contribution in [0.3, 0.4) is 0 Å². The summed E-state index contributed by atoms with van der Waals surface area (Å²) in [7, 11) is 1.40. The molecule has 0 spiro atoms. The molecule has 0 fully saturated rings. The normalized spacial score (nSPS) is 11.2. The van der Waals surface area contributed by atoms with Crippen LogP contribution in [0.15, 0.2) is 66.7 Å². The van der Waals surface area contributed by atoms with Crippen molar-refractivity contribution in [3.63, 3.8) is 0 Å². The van der Waals surface area contributed by atoms with Crippen molar-refractivity contribution in [1.82, 2.24) is 4.90 Å². The first-order chi connectivity index (χ1) is 15.1. The summed E-state index contributed by atoms with van der Waals surface area (Å²) in [5, 5.41) is 2.58. The fraction of sp³-hybridized carbons (Fsp3) is 0.167. The van der Waals surface area contributed by atoms with Gasteiger partial charge in [-0.1, -0.05) is 36.4 Å². The first-order valence-corrected chi connectivity index (χ1v) is 9.65. The van der Waals surface area contributed by atoms with Gasteiger partial charge in [0.25, 0.3) is 11.8 Å². The largest absolute Gasteiger partial charge is 0.416 e. The lowest BCUT2D eigenvalue weighted by Gasteiger charge is -2.21. The number of anilines is 1. The Labute approximate surface area is 182 Å². The van der Waals surface area contributed by atoms with E-state index in [1.807, 2.05) is 0 Å². The summed E-state index contributed by atoms with van der Waals surface area (Å²) in [6.45, 7) is 1.45. The molecule has 3 rings (SSSR count). The SMILES string of the molecule is Cc1ccc(C(=O)N(C)Cc2ccccc2C(F)(F)F)cc1NC(=O)c1ccccc1F. The van der Waals surface area contributed by atoms with E-state index in [-0.39, 0.29) is 23.2 Å². The molecule has 3 aromatic rings. The predicted octanol–water partition coefficient (Wildman–Crippen LogP) is 5.68. The molecule has 0 bridgehead atoms. The quantitative estimate of drug-likeness (QED) is 0.515. The average Bonchev–Trinajstić information content (AvgIpc) is 2.74. The van der Waals surface area contributed by atoms with Crippen molar-refractivity contribution in [2.75, 3.05) is 12.4 Å². The van der Waals surface area contributed by atoms with Gasteiger partial charge < -0.3 is 10.2 Å². The fourth-order valence-corrected chi connectivity index (χ4v) is 3.21. The molecule has 4 nitrogen and oxygen atoms in total. The van der Waals surface area contributed by atoms with Gasteiger partial charge in [0.05, 0.1) is 11.1 Å². The highest BCUT2D eigenvalue weighted by molar-refractivity contribution is 6.05. The van der Waals surface area contributed by atoms with Gasteiger partial charge in [-0.3, -0.25) is 9.59 Å². The molecule has 8 heteroatoms. The van der Waals surface area contributed by atoms with Crippen molar-refractivity contribution in [3.8, 4) is 0 Å². The van der Waals surface area contributed by atoms with Gasteiger partial charge in [-0.25, -0.2) is 4.39 Å². The van der Waals surface area contributed by atoms with Crippen LogP contribution in [-0.2, 0) is 12.7 Å². The molecule has 0 radical (unpaired) electrons. The van der Waals surface area contributed by atoms with Crippen molar-refractivity contribution in [2.24, 2.45) is 0 Å². The molecule has 0 saturated heterocycles. The molecule has 0 unspecified atom stereocenters. The van der Waals surface area contributed by atoms with Gasteiger partial charge in [-0.15, -0.1) is 0 Å². The third kappa shape index (κ3) is 5.14. The Morgan fingerprint density at radius 1 is 0.969 bits per heavy atom. The van der Waals surface area contributed by atoms with E-state index < -0.39 is 29.4 Å². The Morgan fingerprint density at radius 2 is 1.62 bits per heavy atom. The Bertz CT molecular complexity index is 1160. The lowest BCUT2D eigenvalue weighted by molar-refractivity contribution is -0.138. The monoisotopic (exact) mass is 444 g/mol. The predicted molar refractivity (Wildman–Crippen MR) is 113 cm³/mol. The van der Waals surface area contributed by atoms with Gasteiger partial charge in [-0.05, 0) is 48.4 Å². The van der Waals surface area contributed by atoms with E-state index in [2.05, 4.69) is 5.32 Å². The third-order valence-corrected chi connectivity index (χ3v) is 4.93. The van der Waals surface area contributed by atoms with E-state index in [0.29, 0.717) is 11.3 Å². The number of halogens is 4. The Balaban J connectivity index is 1.81. The molecular weight excluding hydrogens is 424 g/mol. The summed E-state index contributed by atoms with van der Waals surface area (Å²) < 4.78 is 53.6. The van der Waals surface area contributed by atoms with Gasteiger partial charge in [0.1, 0.15) is 5.82 Å². The molecule has 0 aliphatic heterocycles. The van der Waals surface area contributed by atoms with Crippen LogP contribution in [0.4, 0.5) is 23.2 Å². The minimum Gasteiger partial charge on any atom is -0.337 e. The molecule has 32 heavy (non-hydrogen) atoms. The maximum Gasteiger partial charge on any atom is 0.416 e. The maximum absolute atomic E-state index is 13.9. The zero-order valence-electron chi connectivity index (χ0n) is 17.3. The summed E-state index contributed by atoms with van der Waals surface area (Å²) in [4.78, 5) is 26.4. The molecular formula is C24H20F4N2O2. The second kappa shape index (κ2) is 9.21. The van der Waals surface area contributed by atoms with Crippen molar-refractivity contribution in [1.29, 1.82) is 0 Å². The topological polar surface area (TPSA) is 49.4 Å². The first kappa shape index (κ1) is 23.0. The van der Waals surface area contributed by atoms with Crippen LogP contribution in [0.25, 0.3) is 0 Å². The second-order valence-corrected chi connectivity index (χ2v) is 7.28. The number of hydrogen-bond acceptors (Lipinski definition) is 2. The molecule has 1 N–H and O–H groups in total. The zero-order chi connectivity index (χ0) is 23.5. The van der Waals surface area contributed by atoms with Gasteiger partial charge in [0.15, 0.2) is 0 Å². The highest BCUT2D eigenvalue weighted by Crippen LogP contribution is 2.32. The van der Waals surface area contributed by atoms with Crippen LogP contribution in [0, 0.1) is 12.7 Å². The maximum atomic E-state index is 13.9. The molecule has 0 aliphatic rings. The number of benzene rings is 3. The number of hydrogen-bond donors (Lipinski definition) is 1. The van der Waals surface area contributed by atoms with E-state index in [1.165, 1.54) is 55.6 Å². The highest BCUT2D eigenvalue weighted by Gasteiger charge is 2.33. The average molecular weight is 444 g/mol. The standard InChI is InChI=1S/C24H20F4N2O2/c1-15-11-12-16(13-21(15)29-22(31)18-8-4-6-10-20(18)25)23(32)30(2)14-17-7-3-5-9-19(17)24(26,27)28/h3-13H,14H2,1-2H3,(H,29,31). The molecule has 0 aliphatic carbocycles. The van der Waals surface area contributed by atoms with E-state index in [9.17, 15) is 27.2 Å². The number of carbonyl (C=O) groups excluding carboxylic acids is 2. The minimum absolute atomic E-state index is 0.0314. The molecule has 166 valence electrons. The number of nitrogens with zero attached hydrogens (tertiary/aromatic N) is 1. The summed E-state index contributed by atoms with van der Waals surface area (Å²) in [6.07, 6.45) is -4.53. The Morgan fingerprint density at radius 3 is 2.31 bits per heavy atom. The molecule has 0 saturated carbocycles. The van der Waals surface area contributed by atoms with Crippen molar-refractivity contribution >= 4 is 17.5 Å². The number of amides is 2. The van der Waals surface area contributed by atoms with Crippen molar-refractivity contribution < 1.29 is 27.2 Å². The summed E-state index contributed by atoms with van der Waals surface area (Å²) in [5.74, 6) is -1.88. The molecule has 3 aromatic carbocycles. The van der Waals surface area contributed by atoms with Gasteiger partial charge in [0.2, 0.25) is 0 Å². The summed E-state index contributed by atoms with van der Waals surface area (Å²) in [6, 6.07) is 15.1. The van der Waals surface area contributed by atoms with Crippen LogP contribution in [0.1, 0.15) is 37.4 Å². The Kier molecular flexibility index (Phi) is 6.62. The van der Waals surface area contributed by atoms with Gasteiger partial charge in [-0.2, -0.15) is 13.2 Å². The molecule has 0 atom stereocenters. The summed E-state index contributed by atoms with van der Waals surface area (Å²) >= 11 is 0. The number of nitrogens with one attached hydrogen (secondary N) is 1.